The molecule has 39 heavy (non-hydrogen) atoms. The summed E-state index contributed by atoms with van der Waals surface area (Å²) in [6.45, 7) is 4.48. The predicted octanol–water partition coefficient (Wildman–Crippen LogP) is 2.31. The van der Waals surface area contributed by atoms with Crippen molar-refractivity contribution in [1.82, 2.24) is 19.7 Å². The average molecular weight is 576 g/mol. The van der Waals surface area contributed by atoms with Gasteiger partial charge in [0.25, 0.3) is 5.91 Å². The molecule has 1 saturated heterocycles. The van der Waals surface area contributed by atoms with Crippen LogP contribution in [0, 0.1) is 0 Å². The van der Waals surface area contributed by atoms with E-state index in [1.807, 2.05) is 50.4 Å². The van der Waals surface area contributed by atoms with Gasteiger partial charge in [0.1, 0.15) is 10.3 Å². The van der Waals surface area contributed by atoms with Crippen molar-refractivity contribution in [3.63, 3.8) is 0 Å². The molecule has 4 atom stereocenters. The van der Waals surface area contributed by atoms with E-state index in [4.69, 9.17) is 0 Å². The lowest BCUT2D eigenvalue weighted by Crippen LogP contribution is -2.47. The molecule has 2 aromatic heterocycles. The maximum atomic E-state index is 13.2. The number of nitrogens with zero attached hydrogens (tertiary/aromatic N) is 4. The van der Waals surface area contributed by atoms with Crippen LogP contribution in [0.3, 0.4) is 0 Å². The van der Waals surface area contributed by atoms with Crippen LogP contribution in [-0.4, -0.2) is 81.5 Å². The van der Waals surface area contributed by atoms with Crippen molar-refractivity contribution >= 4 is 38.0 Å². The molecule has 3 aromatic rings. The molecule has 0 radical (unpaired) electrons. The number of aliphatic hydroxyl groups excluding tert-OH is 2. The van der Waals surface area contributed by atoms with Crippen LogP contribution in [-0.2, 0) is 19.4 Å². The summed E-state index contributed by atoms with van der Waals surface area (Å²) in [4.78, 5) is 31.9. The summed E-state index contributed by atoms with van der Waals surface area (Å²) in [6, 6.07) is 8.61. The number of hydrogen-bond acceptors (Lipinski definition) is 10. The highest BCUT2D eigenvalue weighted by Crippen LogP contribution is 2.39. The van der Waals surface area contributed by atoms with Crippen molar-refractivity contribution in [2.75, 3.05) is 24.7 Å². The van der Waals surface area contributed by atoms with Crippen molar-refractivity contribution in [3.8, 4) is 5.69 Å². The highest BCUT2D eigenvalue weighted by molar-refractivity contribution is 7.92. The normalized spacial score (nSPS) is 18.1. The van der Waals surface area contributed by atoms with E-state index in [2.05, 4.69) is 15.4 Å². The molecule has 3 heterocycles. The molecule has 1 aromatic carbocycles. The Kier molecular flexibility index (Phi) is 8.84. The van der Waals surface area contributed by atoms with Gasteiger partial charge in [0.15, 0.2) is 26.9 Å². The second-order valence-electron chi connectivity index (χ2n) is 9.69. The number of amides is 1. The summed E-state index contributed by atoms with van der Waals surface area (Å²) in [5, 5.41) is 28.9. The van der Waals surface area contributed by atoms with Crippen molar-refractivity contribution in [1.29, 1.82) is 0 Å². The number of nitrogens with one attached hydrogen (secondary N) is 1. The second-order valence-corrected chi connectivity index (χ2v) is 12.9. The number of carbonyl (C=O) groups is 2. The number of thiazole rings is 1. The van der Waals surface area contributed by atoms with E-state index in [1.165, 1.54) is 4.90 Å². The summed E-state index contributed by atoms with van der Waals surface area (Å²) in [6.07, 6.45) is 1.64. The molecule has 210 valence electrons. The summed E-state index contributed by atoms with van der Waals surface area (Å²) < 4.78 is 26.6. The summed E-state index contributed by atoms with van der Waals surface area (Å²) >= 11 is 0.997. The predicted molar refractivity (Wildman–Crippen MR) is 147 cm³/mol. The van der Waals surface area contributed by atoms with E-state index in [-0.39, 0.29) is 28.8 Å². The number of rotatable bonds is 11. The lowest BCUT2D eigenvalue weighted by atomic mass is 9.92. The zero-order valence-electron chi connectivity index (χ0n) is 22.0. The molecule has 1 aliphatic rings. The Hall–Kier alpha value is -3.13. The van der Waals surface area contributed by atoms with Crippen molar-refractivity contribution in [2.45, 2.75) is 61.5 Å². The van der Waals surface area contributed by atoms with E-state index in [9.17, 15) is 28.2 Å². The van der Waals surface area contributed by atoms with Crippen LogP contribution in [0.2, 0.25) is 0 Å². The molecular formula is C26H33N5O6S2. The molecule has 1 aliphatic heterocycles. The van der Waals surface area contributed by atoms with Gasteiger partial charge in [-0.25, -0.2) is 18.1 Å². The second kappa shape index (κ2) is 11.9. The molecule has 11 nitrogen and oxygen atoms in total. The Balaban J connectivity index is 1.44. The Labute approximate surface area is 231 Å². The van der Waals surface area contributed by atoms with Crippen molar-refractivity contribution in [2.24, 2.45) is 0 Å². The molecule has 0 aliphatic carbocycles. The molecule has 1 fully saturated rings. The fraction of sp³-hybridized carbons (Fsp3) is 0.462. The van der Waals surface area contributed by atoms with E-state index in [1.54, 1.807) is 10.9 Å². The quantitative estimate of drug-likeness (QED) is 0.312. The number of aliphatic hydroxyl groups is 2. The van der Waals surface area contributed by atoms with Crippen LogP contribution in [0.25, 0.3) is 5.69 Å². The van der Waals surface area contributed by atoms with E-state index >= 15 is 0 Å². The van der Waals surface area contributed by atoms with Gasteiger partial charge in [0.05, 0.1) is 17.4 Å². The van der Waals surface area contributed by atoms with Crippen LogP contribution in [0.5, 0.6) is 0 Å². The number of aromatic nitrogens is 3. The summed E-state index contributed by atoms with van der Waals surface area (Å²) in [7, 11) is -3.62. The lowest BCUT2D eigenvalue weighted by Gasteiger charge is -2.28. The van der Waals surface area contributed by atoms with Crippen LogP contribution in [0.1, 0.15) is 56.3 Å². The van der Waals surface area contributed by atoms with Crippen LogP contribution in [0.4, 0.5) is 5.13 Å². The number of benzene rings is 1. The third-order valence-electron chi connectivity index (χ3n) is 6.76. The minimum atomic E-state index is -3.62. The minimum Gasteiger partial charge on any atom is -0.382 e. The topological polar surface area (TPSA) is 155 Å². The molecular weight excluding hydrogens is 542 g/mol. The molecule has 0 bridgehead atoms. The third-order valence-corrected chi connectivity index (χ3v) is 9.62. The van der Waals surface area contributed by atoms with Crippen LogP contribution < -0.4 is 5.32 Å². The number of carbonyl (C=O) groups excluding carboxylic acids is 2. The number of sulfone groups is 1. The number of hydrogen-bond donors (Lipinski definition) is 3. The van der Waals surface area contributed by atoms with Crippen LogP contribution in [0.15, 0.2) is 46.9 Å². The fourth-order valence-corrected chi connectivity index (χ4v) is 6.96. The van der Waals surface area contributed by atoms with Gasteiger partial charge < -0.3 is 20.4 Å². The maximum absolute atomic E-state index is 13.2. The lowest BCUT2D eigenvalue weighted by molar-refractivity contribution is -0.153. The molecule has 13 heteroatoms. The molecule has 3 N–H and O–H groups in total. The number of Topliss-reactive ketones (excluding diaryl/α,β-unsaturated/α-hetero) is 1. The first-order chi connectivity index (χ1) is 18.5. The Bertz CT molecular complexity index is 1400. The van der Waals surface area contributed by atoms with Gasteiger partial charge in [-0.15, -0.1) is 0 Å². The van der Waals surface area contributed by atoms with Gasteiger partial charge in [-0.2, -0.15) is 5.10 Å². The Morgan fingerprint density at radius 1 is 1.21 bits per heavy atom. The van der Waals surface area contributed by atoms with Gasteiger partial charge in [-0.1, -0.05) is 30.4 Å². The van der Waals surface area contributed by atoms with E-state index in [0.717, 1.165) is 28.8 Å². The largest absolute Gasteiger partial charge is 0.382 e. The van der Waals surface area contributed by atoms with Crippen molar-refractivity contribution < 1.29 is 28.2 Å². The number of anilines is 1. The first-order valence-corrected chi connectivity index (χ1v) is 15.5. The highest BCUT2D eigenvalue weighted by atomic mass is 32.2. The monoisotopic (exact) mass is 575 g/mol. The molecule has 0 saturated carbocycles. The Morgan fingerprint density at radius 2 is 1.92 bits per heavy atom. The zero-order valence-corrected chi connectivity index (χ0v) is 23.7. The smallest absolute Gasteiger partial charge is 0.255 e. The summed E-state index contributed by atoms with van der Waals surface area (Å²) in [5.41, 5.74) is 1.96. The van der Waals surface area contributed by atoms with Gasteiger partial charge >= 0.3 is 0 Å². The molecule has 4 rings (SSSR count). The van der Waals surface area contributed by atoms with Gasteiger partial charge in [-0.05, 0) is 49.4 Å². The first kappa shape index (κ1) is 28.9. The molecule has 0 unspecified atom stereocenters. The highest BCUT2D eigenvalue weighted by Gasteiger charge is 2.41. The van der Waals surface area contributed by atoms with Gasteiger partial charge in [0, 0.05) is 38.2 Å². The van der Waals surface area contributed by atoms with Crippen molar-refractivity contribution in [3.05, 3.63) is 54.0 Å². The standard InChI is InChI=1S/C26H33N5O6S2/c1-4-27-26-29-21(25(38-26)39(3,36)37)19-7-5-13-30(19)24(35)23(34)22(33)20(32)15-16(2)17-8-10-18(11-9-17)31-14-6-12-28-31/h6,8-12,14,16,19,22-23,33-34H,4-5,7,13,15H2,1-3H3,(H,27,29)/t16-,19+,22-,23+/m0/s1. The maximum Gasteiger partial charge on any atom is 0.255 e. The number of ketones is 1. The van der Waals surface area contributed by atoms with Gasteiger partial charge in [0.2, 0.25) is 0 Å². The molecule has 1 amide bonds. The minimum absolute atomic E-state index is 0.0571. The average Bonchev–Trinajstić information content (AvgIpc) is 3.68. The SMILES string of the molecule is CCNc1nc([C@H]2CCCN2C(=O)[C@H](O)[C@@H](O)C(=O)C[C@H](C)c2ccc(-n3cccn3)cc2)c(S(C)(=O)=O)s1. The summed E-state index contributed by atoms with van der Waals surface area (Å²) in [5.74, 6) is -1.75. The van der Waals surface area contributed by atoms with Gasteiger partial charge in [-0.3, -0.25) is 9.59 Å². The zero-order chi connectivity index (χ0) is 28.3. The Morgan fingerprint density at radius 3 is 2.54 bits per heavy atom. The first-order valence-electron chi connectivity index (χ1n) is 12.7. The van der Waals surface area contributed by atoms with Crippen LogP contribution >= 0.6 is 11.3 Å². The van der Waals surface area contributed by atoms with E-state index < -0.39 is 39.8 Å². The third kappa shape index (κ3) is 6.38. The number of likely N-dealkylation sites (tertiary alicyclic amines) is 1. The fourth-order valence-electron chi connectivity index (χ4n) is 4.73. The van der Waals surface area contributed by atoms with E-state index in [0.29, 0.717) is 24.5 Å². The molecule has 0 spiro atoms.